The summed E-state index contributed by atoms with van der Waals surface area (Å²) in [4.78, 5) is 11.6. The van der Waals surface area contributed by atoms with E-state index in [-0.39, 0.29) is 10.6 Å². The van der Waals surface area contributed by atoms with E-state index in [4.69, 9.17) is 11.6 Å². The zero-order chi connectivity index (χ0) is 14.6. The number of aromatic amines is 1. The molecule has 4 nitrogen and oxygen atoms in total. The largest absolute Gasteiger partial charge is 0.379 e. The van der Waals surface area contributed by atoms with E-state index < -0.39 is 0 Å². The van der Waals surface area contributed by atoms with E-state index in [9.17, 15) is 4.79 Å². The highest BCUT2D eigenvalue weighted by Crippen LogP contribution is 2.61. The molecule has 0 aliphatic heterocycles. The molecule has 4 saturated carbocycles. The first-order chi connectivity index (χ1) is 10.1. The summed E-state index contributed by atoms with van der Waals surface area (Å²) in [5, 5.41) is 9.95. The van der Waals surface area contributed by atoms with Crippen LogP contribution in [-0.2, 0) is 0 Å². The Bertz CT molecular complexity index is 577. The fourth-order valence-corrected chi connectivity index (χ4v) is 5.72. The van der Waals surface area contributed by atoms with Crippen LogP contribution in [0.1, 0.15) is 45.4 Å². The van der Waals surface area contributed by atoms with Crippen LogP contribution in [0.4, 0.5) is 5.69 Å². The second kappa shape index (κ2) is 4.73. The van der Waals surface area contributed by atoms with Crippen LogP contribution in [-0.4, -0.2) is 16.2 Å². The first kappa shape index (κ1) is 13.6. The lowest BCUT2D eigenvalue weighted by atomic mass is 9.48. The molecule has 5 rings (SSSR count). The third-order valence-electron chi connectivity index (χ3n) is 6.17. The fraction of sp³-hybridized carbons (Fsp3) is 0.750. The van der Waals surface area contributed by atoms with Gasteiger partial charge < -0.3 is 5.32 Å². The zero-order valence-electron chi connectivity index (χ0n) is 12.4. The minimum absolute atomic E-state index is 0.224. The summed E-state index contributed by atoms with van der Waals surface area (Å²) in [7, 11) is 0. The number of nitrogens with one attached hydrogen (secondary N) is 2. The van der Waals surface area contributed by atoms with Gasteiger partial charge in [0.1, 0.15) is 5.02 Å². The molecule has 2 N–H and O–H groups in total. The summed E-state index contributed by atoms with van der Waals surface area (Å²) in [5.74, 6) is 2.77. The third-order valence-corrected chi connectivity index (χ3v) is 6.55. The van der Waals surface area contributed by atoms with Gasteiger partial charge in [0.15, 0.2) is 0 Å². The van der Waals surface area contributed by atoms with Crippen LogP contribution in [0.15, 0.2) is 11.0 Å². The first-order valence-electron chi connectivity index (χ1n) is 8.05. The summed E-state index contributed by atoms with van der Waals surface area (Å²) in [5.41, 5.74) is 0.740. The maximum Gasteiger partial charge on any atom is 0.285 e. The van der Waals surface area contributed by atoms with Crippen molar-refractivity contribution in [3.8, 4) is 0 Å². The lowest BCUT2D eigenvalue weighted by Crippen LogP contribution is -2.53. The highest BCUT2D eigenvalue weighted by Gasteiger charge is 2.53. The Morgan fingerprint density at radius 1 is 1.29 bits per heavy atom. The van der Waals surface area contributed by atoms with E-state index in [2.05, 4.69) is 22.4 Å². The van der Waals surface area contributed by atoms with E-state index in [0.717, 1.165) is 17.8 Å². The van der Waals surface area contributed by atoms with E-state index in [1.165, 1.54) is 38.5 Å². The van der Waals surface area contributed by atoms with Crippen molar-refractivity contribution in [2.75, 3.05) is 5.32 Å². The van der Waals surface area contributed by atoms with E-state index in [1.54, 1.807) is 6.20 Å². The van der Waals surface area contributed by atoms with Gasteiger partial charge in [-0.3, -0.25) is 4.79 Å². The van der Waals surface area contributed by atoms with Crippen molar-refractivity contribution in [1.29, 1.82) is 0 Å². The molecule has 4 fully saturated rings. The summed E-state index contributed by atoms with van der Waals surface area (Å²) >= 11 is 6.10. The first-order valence-corrected chi connectivity index (χ1v) is 8.43. The molecule has 0 spiro atoms. The maximum absolute atomic E-state index is 11.6. The van der Waals surface area contributed by atoms with Crippen LogP contribution in [0.5, 0.6) is 0 Å². The van der Waals surface area contributed by atoms with Gasteiger partial charge in [0.05, 0.1) is 11.9 Å². The normalized spacial score (nSPS) is 38.5. The number of aromatic nitrogens is 2. The molecule has 114 valence electrons. The molecule has 4 aliphatic carbocycles. The molecule has 4 aliphatic rings. The molecule has 0 saturated heterocycles. The van der Waals surface area contributed by atoms with Gasteiger partial charge in [-0.25, -0.2) is 5.10 Å². The molecule has 1 aromatic rings. The average Bonchev–Trinajstić information content (AvgIpc) is 2.42. The predicted molar refractivity (Wildman–Crippen MR) is 83.6 cm³/mol. The quantitative estimate of drug-likeness (QED) is 0.899. The Labute approximate surface area is 129 Å². The number of halogens is 1. The second-order valence-corrected chi connectivity index (χ2v) is 7.95. The van der Waals surface area contributed by atoms with Crippen molar-refractivity contribution in [2.24, 2.45) is 23.2 Å². The maximum atomic E-state index is 11.6. The Balaban J connectivity index is 1.59. The molecule has 0 aromatic carbocycles. The standard InChI is InChI=1S/C16H22ClN3O/c1-9(19-13-8-18-20-15(21)14(13)17)16-5-10-2-11(6-16)4-12(3-10)7-16/h8-12H,2-7H2,1H3,(H2,19,20,21). The van der Waals surface area contributed by atoms with Crippen LogP contribution >= 0.6 is 11.6 Å². The monoisotopic (exact) mass is 307 g/mol. The Kier molecular flexibility index (Phi) is 3.07. The van der Waals surface area contributed by atoms with Crippen LogP contribution < -0.4 is 10.9 Å². The highest BCUT2D eigenvalue weighted by atomic mass is 35.5. The van der Waals surface area contributed by atoms with Crippen molar-refractivity contribution in [1.82, 2.24) is 10.2 Å². The van der Waals surface area contributed by atoms with Crippen LogP contribution in [0, 0.1) is 23.2 Å². The minimum atomic E-state index is -0.320. The van der Waals surface area contributed by atoms with E-state index in [0.29, 0.717) is 17.1 Å². The smallest absolute Gasteiger partial charge is 0.285 e. The summed E-state index contributed by atoms with van der Waals surface area (Å²) in [6.45, 7) is 2.25. The average molecular weight is 308 g/mol. The Morgan fingerprint density at radius 2 is 1.86 bits per heavy atom. The van der Waals surface area contributed by atoms with Gasteiger partial charge >= 0.3 is 0 Å². The van der Waals surface area contributed by atoms with Crippen LogP contribution in [0.2, 0.25) is 5.02 Å². The number of hydrogen-bond donors (Lipinski definition) is 2. The number of anilines is 1. The minimum Gasteiger partial charge on any atom is -0.379 e. The lowest BCUT2D eigenvalue weighted by Gasteiger charge is -2.59. The van der Waals surface area contributed by atoms with Gasteiger partial charge in [0.25, 0.3) is 5.56 Å². The topological polar surface area (TPSA) is 57.8 Å². The van der Waals surface area contributed by atoms with Crippen molar-refractivity contribution in [3.05, 3.63) is 21.6 Å². The van der Waals surface area contributed by atoms with Gasteiger partial charge in [-0.05, 0) is 68.6 Å². The SMILES string of the molecule is CC(Nc1cn[nH]c(=O)c1Cl)C12CC3CC(CC(C3)C1)C2. The summed E-state index contributed by atoms with van der Waals surface area (Å²) in [6.07, 6.45) is 9.96. The van der Waals surface area contributed by atoms with Crippen molar-refractivity contribution >= 4 is 17.3 Å². The summed E-state index contributed by atoms with van der Waals surface area (Å²) in [6, 6.07) is 0.340. The van der Waals surface area contributed by atoms with Crippen molar-refractivity contribution in [2.45, 2.75) is 51.5 Å². The Hall–Kier alpha value is -1.03. The lowest BCUT2D eigenvalue weighted by molar-refractivity contribution is -0.0602. The van der Waals surface area contributed by atoms with Gasteiger partial charge in [-0.1, -0.05) is 11.6 Å². The molecular weight excluding hydrogens is 286 g/mol. The third kappa shape index (κ3) is 2.19. The predicted octanol–water partition coefficient (Wildman–Crippen LogP) is 3.44. The molecular formula is C16H22ClN3O. The van der Waals surface area contributed by atoms with Crippen molar-refractivity contribution in [3.63, 3.8) is 0 Å². The number of rotatable bonds is 3. The highest BCUT2D eigenvalue weighted by molar-refractivity contribution is 6.32. The van der Waals surface area contributed by atoms with Crippen LogP contribution in [0.3, 0.4) is 0 Å². The number of H-pyrrole nitrogens is 1. The Morgan fingerprint density at radius 3 is 2.43 bits per heavy atom. The molecule has 1 atom stereocenters. The molecule has 5 heteroatoms. The van der Waals surface area contributed by atoms with Crippen molar-refractivity contribution < 1.29 is 0 Å². The van der Waals surface area contributed by atoms with Gasteiger partial charge in [0.2, 0.25) is 0 Å². The fourth-order valence-electron chi connectivity index (χ4n) is 5.58. The summed E-state index contributed by atoms with van der Waals surface area (Å²) < 4.78 is 0. The van der Waals surface area contributed by atoms with Gasteiger partial charge in [0, 0.05) is 6.04 Å². The number of nitrogens with zero attached hydrogens (tertiary/aromatic N) is 1. The molecule has 1 heterocycles. The van der Waals surface area contributed by atoms with Crippen LogP contribution in [0.25, 0.3) is 0 Å². The number of hydrogen-bond acceptors (Lipinski definition) is 3. The molecule has 1 aromatic heterocycles. The van der Waals surface area contributed by atoms with E-state index in [1.807, 2.05) is 0 Å². The van der Waals surface area contributed by atoms with E-state index >= 15 is 0 Å². The van der Waals surface area contributed by atoms with Gasteiger partial charge in [-0.2, -0.15) is 5.10 Å². The molecule has 0 amide bonds. The van der Waals surface area contributed by atoms with Gasteiger partial charge in [-0.15, -0.1) is 0 Å². The molecule has 1 unspecified atom stereocenters. The molecule has 4 bridgehead atoms. The molecule has 21 heavy (non-hydrogen) atoms. The molecule has 0 radical (unpaired) electrons. The zero-order valence-corrected chi connectivity index (χ0v) is 13.1. The second-order valence-electron chi connectivity index (χ2n) is 7.57.